The third-order valence-electron chi connectivity index (χ3n) is 2.01. The van der Waals surface area contributed by atoms with Gasteiger partial charge in [-0.3, -0.25) is 4.98 Å². The Kier molecular flexibility index (Phi) is 3.49. The summed E-state index contributed by atoms with van der Waals surface area (Å²) in [5.41, 5.74) is 0. The van der Waals surface area contributed by atoms with Crippen LogP contribution in [0.4, 0.5) is 10.2 Å². The molecule has 17 heavy (non-hydrogen) atoms. The summed E-state index contributed by atoms with van der Waals surface area (Å²) in [6.45, 7) is 2.73. The maximum Gasteiger partial charge on any atom is 0.239 e. The van der Waals surface area contributed by atoms with Crippen molar-refractivity contribution in [1.82, 2.24) is 9.97 Å². The van der Waals surface area contributed by atoms with E-state index in [1.54, 1.807) is 6.20 Å². The number of benzene rings is 1. The minimum atomic E-state index is -0.301. The topological polar surface area (TPSA) is 47.0 Å². The summed E-state index contributed by atoms with van der Waals surface area (Å²) in [7, 11) is 0. The van der Waals surface area contributed by atoms with Gasteiger partial charge in [0, 0.05) is 6.54 Å². The van der Waals surface area contributed by atoms with Gasteiger partial charge in [-0.05, 0) is 31.2 Å². The Labute approximate surface area is 98.5 Å². The van der Waals surface area contributed by atoms with Crippen LogP contribution in [-0.4, -0.2) is 16.5 Å². The number of ether oxygens (including phenoxy) is 1. The van der Waals surface area contributed by atoms with Gasteiger partial charge in [0.2, 0.25) is 5.88 Å². The van der Waals surface area contributed by atoms with Crippen LogP contribution in [-0.2, 0) is 0 Å². The molecule has 88 valence electrons. The Morgan fingerprint density at radius 1 is 1.24 bits per heavy atom. The molecular formula is C12H12FN3O. The molecule has 0 fully saturated rings. The summed E-state index contributed by atoms with van der Waals surface area (Å²) in [6, 6.07) is 5.74. The molecule has 1 N–H and O–H groups in total. The minimum absolute atomic E-state index is 0.301. The number of aromatic nitrogens is 2. The van der Waals surface area contributed by atoms with Crippen LogP contribution in [0.15, 0.2) is 36.7 Å². The lowest BCUT2D eigenvalue weighted by Crippen LogP contribution is -2.00. The quantitative estimate of drug-likeness (QED) is 0.882. The van der Waals surface area contributed by atoms with Crippen molar-refractivity contribution in [2.75, 3.05) is 11.9 Å². The lowest BCUT2D eigenvalue weighted by Gasteiger charge is -2.06. The maximum absolute atomic E-state index is 12.7. The van der Waals surface area contributed by atoms with Crippen molar-refractivity contribution in [3.63, 3.8) is 0 Å². The molecule has 2 aromatic rings. The smallest absolute Gasteiger partial charge is 0.239 e. The number of nitrogens with zero attached hydrogens (tertiary/aromatic N) is 2. The predicted octanol–water partition coefficient (Wildman–Crippen LogP) is 2.84. The number of halogens is 1. The second kappa shape index (κ2) is 5.25. The molecule has 4 nitrogen and oxygen atoms in total. The molecule has 0 bridgehead atoms. The highest BCUT2D eigenvalue weighted by Crippen LogP contribution is 2.19. The van der Waals surface area contributed by atoms with Gasteiger partial charge in [0.1, 0.15) is 17.4 Å². The first kappa shape index (κ1) is 11.3. The normalized spacial score (nSPS) is 10.0. The largest absolute Gasteiger partial charge is 0.437 e. The van der Waals surface area contributed by atoms with Gasteiger partial charge in [0.05, 0.1) is 12.4 Å². The first-order valence-electron chi connectivity index (χ1n) is 5.27. The zero-order chi connectivity index (χ0) is 12.1. The highest BCUT2D eigenvalue weighted by molar-refractivity contribution is 5.34. The fraction of sp³-hybridized carbons (Fsp3) is 0.167. The molecular weight excluding hydrogens is 221 g/mol. The molecule has 1 heterocycles. The molecule has 0 aliphatic rings. The second-order valence-corrected chi connectivity index (χ2v) is 3.33. The Balaban J connectivity index is 2.12. The Hall–Kier alpha value is -2.17. The van der Waals surface area contributed by atoms with Gasteiger partial charge in [-0.1, -0.05) is 0 Å². The van der Waals surface area contributed by atoms with Crippen LogP contribution in [0, 0.1) is 5.82 Å². The van der Waals surface area contributed by atoms with E-state index in [4.69, 9.17) is 4.74 Å². The van der Waals surface area contributed by atoms with E-state index in [1.165, 1.54) is 30.5 Å². The predicted molar refractivity (Wildman–Crippen MR) is 62.7 cm³/mol. The van der Waals surface area contributed by atoms with Gasteiger partial charge >= 0.3 is 0 Å². The SMILES string of the molecule is CCNc1cncc(Oc2ccc(F)cc2)n1. The van der Waals surface area contributed by atoms with Crippen molar-refractivity contribution in [3.05, 3.63) is 42.5 Å². The number of hydrogen-bond donors (Lipinski definition) is 1. The molecule has 0 aliphatic carbocycles. The van der Waals surface area contributed by atoms with Gasteiger partial charge in [-0.2, -0.15) is 4.98 Å². The van der Waals surface area contributed by atoms with Gasteiger partial charge < -0.3 is 10.1 Å². The van der Waals surface area contributed by atoms with E-state index in [9.17, 15) is 4.39 Å². The molecule has 0 radical (unpaired) electrons. The van der Waals surface area contributed by atoms with E-state index in [0.29, 0.717) is 17.4 Å². The van der Waals surface area contributed by atoms with Crippen LogP contribution in [0.5, 0.6) is 11.6 Å². The molecule has 0 saturated carbocycles. The Morgan fingerprint density at radius 3 is 2.71 bits per heavy atom. The van der Waals surface area contributed by atoms with Crippen LogP contribution in [0.25, 0.3) is 0 Å². The number of nitrogens with one attached hydrogen (secondary N) is 1. The van der Waals surface area contributed by atoms with E-state index in [2.05, 4.69) is 15.3 Å². The molecule has 0 atom stereocenters. The van der Waals surface area contributed by atoms with E-state index >= 15 is 0 Å². The van der Waals surface area contributed by atoms with Gasteiger partial charge in [0.15, 0.2) is 0 Å². The zero-order valence-electron chi connectivity index (χ0n) is 9.35. The molecule has 0 spiro atoms. The molecule has 5 heteroatoms. The number of anilines is 1. The highest BCUT2D eigenvalue weighted by atomic mass is 19.1. The zero-order valence-corrected chi connectivity index (χ0v) is 9.35. The third-order valence-corrected chi connectivity index (χ3v) is 2.01. The fourth-order valence-electron chi connectivity index (χ4n) is 1.29. The summed E-state index contributed by atoms with van der Waals surface area (Å²) in [5.74, 6) is 1.24. The summed E-state index contributed by atoms with van der Waals surface area (Å²) in [6.07, 6.45) is 3.12. The van der Waals surface area contributed by atoms with Crippen LogP contribution < -0.4 is 10.1 Å². The highest BCUT2D eigenvalue weighted by Gasteiger charge is 2.01. The van der Waals surface area contributed by atoms with Gasteiger partial charge in [0.25, 0.3) is 0 Å². The van der Waals surface area contributed by atoms with Crippen molar-refractivity contribution in [3.8, 4) is 11.6 Å². The molecule has 1 aromatic carbocycles. The van der Waals surface area contributed by atoms with Crippen molar-refractivity contribution < 1.29 is 9.13 Å². The molecule has 0 aliphatic heterocycles. The van der Waals surface area contributed by atoms with Crippen LogP contribution in [0.1, 0.15) is 6.92 Å². The van der Waals surface area contributed by atoms with E-state index in [-0.39, 0.29) is 5.82 Å². The van der Waals surface area contributed by atoms with Crippen molar-refractivity contribution >= 4 is 5.82 Å². The van der Waals surface area contributed by atoms with Gasteiger partial charge in [-0.15, -0.1) is 0 Å². The van der Waals surface area contributed by atoms with Gasteiger partial charge in [-0.25, -0.2) is 4.39 Å². The number of rotatable bonds is 4. The van der Waals surface area contributed by atoms with E-state index in [1.807, 2.05) is 6.92 Å². The first-order chi connectivity index (χ1) is 8.28. The third kappa shape index (κ3) is 3.14. The monoisotopic (exact) mass is 233 g/mol. The van der Waals surface area contributed by atoms with E-state index in [0.717, 1.165) is 6.54 Å². The fourth-order valence-corrected chi connectivity index (χ4v) is 1.29. The summed E-state index contributed by atoms with van der Waals surface area (Å²) < 4.78 is 18.1. The van der Waals surface area contributed by atoms with Crippen molar-refractivity contribution in [2.24, 2.45) is 0 Å². The molecule has 1 aromatic heterocycles. The molecule has 2 rings (SSSR count). The van der Waals surface area contributed by atoms with Crippen LogP contribution in [0.2, 0.25) is 0 Å². The average molecular weight is 233 g/mol. The average Bonchev–Trinajstić information content (AvgIpc) is 2.33. The lowest BCUT2D eigenvalue weighted by molar-refractivity contribution is 0.459. The van der Waals surface area contributed by atoms with Crippen LogP contribution in [0.3, 0.4) is 0 Å². The van der Waals surface area contributed by atoms with Crippen LogP contribution >= 0.6 is 0 Å². The van der Waals surface area contributed by atoms with E-state index < -0.39 is 0 Å². The first-order valence-corrected chi connectivity index (χ1v) is 5.27. The van der Waals surface area contributed by atoms with Crippen molar-refractivity contribution in [2.45, 2.75) is 6.92 Å². The Bertz CT molecular complexity index is 487. The van der Waals surface area contributed by atoms with Crippen molar-refractivity contribution in [1.29, 1.82) is 0 Å². The Morgan fingerprint density at radius 2 is 2.00 bits per heavy atom. The standard InChI is InChI=1S/C12H12FN3O/c1-2-15-11-7-14-8-12(16-11)17-10-5-3-9(13)4-6-10/h3-8H,2H2,1H3,(H,15,16). The molecule has 0 amide bonds. The molecule has 0 saturated heterocycles. The maximum atomic E-state index is 12.7. The lowest BCUT2D eigenvalue weighted by atomic mass is 10.3. The minimum Gasteiger partial charge on any atom is -0.437 e. The summed E-state index contributed by atoms with van der Waals surface area (Å²) in [4.78, 5) is 8.18. The number of hydrogen-bond acceptors (Lipinski definition) is 4. The second-order valence-electron chi connectivity index (χ2n) is 3.33. The molecule has 0 unspecified atom stereocenters. The summed E-state index contributed by atoms with van der Waals surface area (Å²) in [5, 5.41) is 3.03. The summed E-state index contributed by atoms with van der Waals surface area (Å²) >= 11 is 0.